The number of rotatable bonds is 5. The van der Waals surface area contributed by atoms with Crippen LogP contribution in [0.4, 0.5) is 0 Å². The van der Waals surface area contributed by atoms with Crippen LogP contribution >= 0.6 is 0 Å². The first-order valence-electron chi connectivity index (χ1n) is 6.29. The number of aromatic nitrogens is 2. The van der Waals surface area contributed by atoms with Crippen LogP contribution in [0, 0.1) is 0 Å². The van der Waals surface area contributed by atoms with Crippen molar-refractivity contribution in [2.45, 2.75) is 36.7 Å². The fourth-order valence-corrected chi connectivity index (χ4v) is 3.46. The van der Waals surface area contributed by atoms with Crippen LogP contribution < -0.4 is 10.5 Å². The van der Waals surface area contributed by atoms with Gasteiger partial charge in [-0.2, -0.15) is 5.10 Å². The van der Waals surface area contributed by atoms with Crippen LogP contribution in [0.1, 0.15) is 19.8 Å². The molecule has 2 rings (SSSR count). The van der Waals surface area contributed by atoms with Crippen molar-refractivity contribution >= 4 is 10.0 Å². The Hall–Kier alpha value is -0.960. The van der Waals surface area contributed by atoms with E-state index in [1.54, 1.807) is 0 Å². The number of hydrogen-bond acceptors (Lipinski definition) is 5. The molecular weight excluding hydrogens is 268 g/mol. The molecule has 0 spiro atoms. The highest BCUT2D eigenvalue weighted by molar-refractivity contribution is 7.89. The van der Waals surface area contributed by atoms with Crippen LogP contribution in [-0.4, -0.2) is 43.5 Å². The average molecular weight is 288 g/mol. The Balaban J connectivity index is 2.12. The lowest BCUT2D eigenvalue weighted by atomic mass is 9.94. The van der Waals surface area contributed by atoms with Gasteiger partial charge in [-0.25, -0.2) is 13.1 Å². The fraction of sp³-hybridized carbons (Fsp3) is 0.727. The molecule has 19 heavy (non-hydrogen) atoms. The Labute approximate surface area is 113 Å². The number of hydrogen-bond donors (Lipinski definition) is 2. The highest BCUT2D eigenvalue weighted by Gasteiger charge is 2.33. The number of nitrogens with zero attached hydrogens (tertiary/aromatic N) is 2. The highest BCUT2D eigenvalue weighted by Crippen LogP contribution is 2.22. The maximum atomic E-state index is 12.3. The second-order valence-electron chi connectivity index (χ2n) is 5.01. The number of nitrogens with two attached hydrogens (primary N) is 1. The quantitative estimate of drug-likeness (QED) is 0.774. The van der Waals surface area contributed by atoms with Crippen LogP contribution in [0.3, 0.4) is 0 Å². The van der Waals surface area contributed by atoms with Gasteiger partial charge in [0.2, 0.25) is 10.0 Å². The largest absolute Gasteiger partial charge is 0.381 e. The summed E-state index contributed by atoms with van der Waals surface area (Å²) < 4.78 is 34.1. The third kappa shape index (κ3) is 3.53. The van der Waals surface area contributed by atoms with E-state index in [1.807, 2.05) is 6.92 Å². The molecule has 3 N–H and O–H groups in total. The third-order valence-corrected chi connectivity index (χ3v) is 4.85. The van der Waals surface area contributed by atoms with Crippen LogP contribution in [0.25, 0.3) is 0 Å². The topological polar surface area (TPSA) is 99.2 Å². The highest BCUT2D eigenvalue weighted by atomic mass is 32.2. The molecule has 1 saturated heterocycles. The summed E-state index contributed by atoms with van der Waals surface area (Å²) in [6.07, 6.45) is 4.19. The molecule has 1 aliphatic heterocycles. The Bertz CT molecular complexity index is 520. The summed E-state index contributed by atoms with van der Waals surface area (Å²) in [4.78, 5) is 0.175. The lowest BCUT2D eigenvalue weighted by Gasteiger charge is -2.33. The van der Waals surface area contributed by atoms with E-state index in [4.69, 9.17) is 10.5 Å². The number of ether oxygens (including phenoxy) is 1. The first-order chi connectivity index (χ1) is 8.95. The molecule has 0 unspecified atom stereocenters. The molecule has 1 aromatic heterocycles. The molecule has 0 atom stereocenters. The van der Waals surface area contributed by atoms with Gasteiger partial charge in [-0.1, -0.05) is 0 Å². The number of nitrogens with one attached hydrogen (secondary N) is 1. The first kappa shape index (κ1) is 14.4. The molecule has 1 aromatic rings. The molecule has 7 nitrogen and oxygen atoms in total. The minimum absolute atomic E-state index is 0.175. The summed E-state index contributed by atoms with van der Waals surface area (Å²) >= 11 is 0. The molecule has 108 valence electrons. The molecule has 1 fully saturated rings. The normalized spacial score (nSPS) is 19.5. The minimum atomic E-state index is -3.55. The van der Waals surface area contributed by atoms with Gasteiger partial charge in [-0.15, -0.1) is 0 Å². The summed E-state index contributed by atoms with van der Waals surface area (Å²) in [7, 11) is -3.55. The second-order valence-corrected chi connectivity index (χ2v) is 6.69. The molecule has 0 aromatic carbocycles. The van der Waals surface area contributed by atoms with Crippen LogP contribution in [0.2, 0.25) is 0 Å². The molecule has 0 amide bonds. The Morgan fingerprint density at radius 3 is 2.84 bits per heavy atom. The zero-order chi connectivity index (χ0) is 13.9. The molecule has 2 heterocycles. The van der Waals surface area contributed by atoms with Crippen molar-refractivity contribution in [1.29, 1.82) is 0 Å². The number of sulfonamides is 1. The molecule has 8 heteroatoms. The molecule has 0 radical (unpaired) electrons. The van der Waals surface area contributed by atoms with Gasteiger partial charge in [0.05, 0.1) is 12.7 Å². The third-order valence-electron chi connectivity index (χ3n) is 3.26. The van der Waals surface area contributed by atoms with E-state index in [0.29, 0.717) is 39.1 Å². The van der Waals surface area contributed by atoms with E-state index in [1.165, 1.54) is 17.1 Å². The van der Waals surface area contributed by atoms with Gasteiger partial charge in [-0.05, 0) is 19.8 Å². The van der Waals surface area contributed by atoms with Crippen molar-refractivity contribution in [1.82, 2.24) is 14.5 Å². The summed E-state index contributed by atoms with van der Waals surface area (Å²) in [5.74, 6) is 0. The van der Waals surface area contributed by atoms with Crippen molar-refractivity contribution in [3.63, 3.8) is 0 Å². The zero-order valence-corrected chi connectivity index (χ0v) is 11.8. The van der Waals surface area contributed by atoms with Gasteiger partial charge in [0.15, 0.2) is 0 Å². The van der Waals surface area contributed by atoms with Crippen LogP contribution in [0.15, 0.2) is 17.3 Å². The van der Waals surface area contributed by atoms with E-state index in [9.17, 15) is 8.42 Å². The monoisotopic (exact) mass is 288 g/mol. The summed E-state index contributed by atoms with van der Waals surface area (Å²) in [5.41, 5.74) is 4.96. The molecule has 0 aliphatic carbocycles. The van der Waals surface area contributed by atoms with Crippen LogP contribution in [0.5, 0.6) is 0 Å². The molecule has 0 saturated carbocycles. The fourth-order valence-electron chi connectivity index (χ4n) is 2.05. The maximum absolute atomic E-state index is 12.3. The molecular formula is C11H20N4O3S. The maximum Gasteiger partial charge on any atom is 0.244 e. The molecule has 0 bridgehead atoms. The second kappa shape index (κ2) is 5.58. The standard InChI is InChI=1S/C11H20N4O3S/c1-11(2-6-18-7-3-11)14-19(16,17)10-8-13-15(9-10)5-4-12/h8-9,14H,2-7,12H2,1H3. The van der Waals surface area contributed by atoms with Gasteiger partial charge in [0.1, 0.15) is 4.90 Å². The van der Waals surface area contributed by atoms with Crippen molar-refractivity contribution in [2.75, 3.05) is 19.8 Å². The van der Waals surface area contributed by atoms with Crippen molar-refractivity contribution < 1.29 is 13.2 Å². The van der Waals surface area contributed by atoms with Gasteiger partial charge in [0.25, 0.3) is 0 Å². The Kier molecular flexibility index (Phi) is 4.24. The van der Waals surface area contributed by atoms with E-state index in [2.05, 4.69) is 9.82 Å². The van der Waals surface area contributed by atoms with Gasteiger partial charge in [0, 0.05) is 31.5 Å². The summed E-state index contributed by atoms with van der Waals surface area (Å²) in [5, 5.41) is 3.98. The lowest BCUT2D eigenvalue weighted by molar-refractivity contribution is 0.0537. The van der Waals surface area contributed by atoms with Crippen LogP contribution in [-0.2, 0) is 21.3 Å². The van der Waals surface area contributed by atoms with Crippen molar-refractivity contribution in [2.24, 2.45) is 5.73 Å². The predicted octanol–water partition coefficient (Wildman–Crippen LogP) is -0.311. The smallest absolute Gasteiger partial charge is 0.244 e. The van der Waals surface area contributed by atoms with E-state index in [-0.39, 0.29) is 4.90 Å². The van der Waals surface area contributed by atoms with E-state index >= 15 is 0 Å². The predicted molar refractivity (Wildman–Crippen MR) is 70.1 cm³/mol. The SMILES string of the molecule is CC1(NS(=O)(=O)c2cnn(CCN)c2)CCOCC1. The first-order valence-corrected chi connectivity index (χ1v) is 7.78. The van der Waals surface area contributed by atoms with E-state index in [0.717, 1.165) is 0 Å². The zero-order valence-electron chi connectivity index (χ0n) is 11.0. The van der Waals surface area contributed by atoms with Crippen molar-refractivity contribution in [3.8, 4) is 0 Å². The summed E-state index contributed by atoms with van der Waals surface area (Å²) in [6, 6.07) is 0. The Morgan fingerprint density at radius 1 is 1.53 bits per heavy atom. The van der Waals surface area contributed by atoms with E-state index < -0.39 is 15.6 Å². The minimum Gasteiger partial charge on any atom is -0.381 e. The lowest BCUT2D eigenvalue weighted by Crippen LogP contribution is -2.49. The van der Waals surface area contributed by atoms with Crippen molar-refractivity contribution in [3.05, 3.63) is 12.4 Å². The van der Waals surface area contributed by atoms with Gasteiger partial charge >= 0.3 is 0 Å². The van der Waals surface area contributed by atoms with Gasteiger partial charge in [-0.3, -0.25) is 4.68 Å². The Morgan fingerprint density at radius 2 is 2.21 bits per heavy atom. The average Bonchev–Trinajstić information content (AvgIpc) is 2.78. The summed E-state index contributed by atoms with van der Waals surface area (Å²) in [6.45, 7) is 3.97. The van der Waals surface area contributed by atoms with Gasteiger partial charge < -0.3 is 10.5 Å². The molecule has 1 aliphatic rings.